The lowest BCUT2D eigenvalue weighted by Gasteiger charge is -2.13. The number of benzene rings is 1. The third-order valence-corrected chi connectivity index (χ3v) is 4.17. The van der Waals surface area contributed by atoms with Crippen LogP contribution in [0.25, 0.3) is 0 Å². The first-order chi connectivity index (χ1) is 9.74. The number of fused-ring (bicyclic) bond motifs is 1. The van der Waals surface area contributed by atoms with Crippen LogP contribution in [0.3, 0.4) is 0 Å². The second-order valence-corrected chi connectivity index (χ2v) is 5.92. The monoisotopic (exact) mass is 273 g/mol. The molecule has 4 heteroatoms. The molecule has 1 fully saturated rings. The fraction of sp³-hybridized carbons (Fsp3) is 0.562. The molecular weight excluding hydrogens is 250 g/mol. The minimum absolute atomic E-state index is 0.141. The van der Waals surface area contributed by atoms with Gasteiger partial charge in [0, 0.05) is 24.5 Å². The standard InChI is InChI=1S/C16H23N3O/c17-14-10-15(13-5-2-1-4-12(13)14)18-9-3-6-16(20)19-11-7-8-11/h1-2,4-5,11,14-15,18H,3,6-10,17H2,(H,19,20). The van der Waals surface area contributed by atoms with E-state index in [-0.39, 0.29) is 11.9 Å². The number of rotatable bonds is 6. The van der Waals surface area contributed by atoms with Crippen LogP contribution in [0, 0.1) is 0 Å². The van der Waals surface area contributed by atoms with Crippen LogP contribution in [0.4, 0.5) is 0 Å². The molecule has 1 aromatic carbocycles. The van der Waals surface area contributed by atoms with Gasteiger partial charge in [0.2, 0.25) is 5.91 Å². The highest BCUT2D eigenvalue weighted by Crippen LogP contribution is 2.36. The average molecular weight is 273 g/mol. The van der Waals surface area contributed by atoms with Gasteiger partial charge in [-0.3, -0.25) is 4.79 Å². The van der Waals surface area contributed by atoms with Crippen LogP contribution in [0.5, 0.6) is 0 Å². The normalized spacial score (nSPS) is 24.4. The third kappa shape index (κ3) is 3.19. The van der Waals surface area contributed by atoms with Crippen LogP contribution in [-0.2, 0) is 4.79 Å². The molecule has 20 heavy (non-hydrogen) atoms. The van der Waals surface area contributed by atoms with E-state index >= 15 is 0 Å². The number of nitrogens with two attached hydrogens (primary N) is 1. The van der Waals surface area contributed by atoms with Crippen molar-refractivity contribution in [3.05, 3.63) is 35.4 Å². The Kier molecular flexibility index (Phi) is 4.03. The molecule has 4 N–H and O–H groups in total. The van der Waals surface area contributed by atoms with Gasteiger partial charge in [0.15, 0.2) is 0 Å². The van der Waals surface area contributed by atoms with Crippen LogP contribution in [0.1, 0.15) is 55.3 Å². The molecule has 2 atom stereocenters. The molecule has 3 rings (SSSR count). The molecule has 0 aromatic heterocycles. The molecule has 2 aliphatic rings. The van der Waals surface area contributed by atoms with Gasteiger partial charge in [-0.05, 0) is 43.4 Å². The summed E-state index contributed by atoms with van der Waals surface area (Å²) in [6.45, 7) is 0.865. The van der Waals surface area contributed by atoms with Gasteiger partial charge in [-0.1, -0.05) is 24.3 Å². The first-order valence-corrected chi connectivity index (χ1v) is 7.61. The smallest absolute Gasteiger partial charge is 0.220 e. The second kappa shape index (κ2) is 5.94. The van der Waals surface area contributed by atoms with Gasteiger partial charge in [0.25, 0.3) is 0 Å². The zero-order valence-electron chi connectivity index (χ0n) is 11.8. The fourth-order valence-corrected chi connectivity index (χ4v) is 2.92. The fourth-order valence-electron chi connectivity index (χ4n) is 2.92. The molecule has 2 aliphatic carbocycles. The summed E-state index contributed by atoms with van der Waals surface area (Å²) in [6, 6.07) is 9.33. The highest BCUT2D eigenvalue weighted by molar-refractivity contribution is 5.76. The lowest BCUT2D eigenvalue weighted by molar-refractivity contribution is -0.121. The summed E-state index contributed by atoms with van der Waals surface area (Å²) in [5, 5.41) is 6.55. The Hall–Kier alpha value is -1.39. The van der Waals surface area contributed by atoms with E-state index in [1.165, 1.54) is 11.1 Å². The van der Waals surface area contributed by atoms with Crippen molar-refractivity contribution < 1.29 is 4.79 Å². The number of carbonyl (C=O) groups is 1. The van der Waals surface area contributed by atoms with Gasteiger partial charge in [-0.15, -0.1) is 0 Å². The lowest BCUT2D eigenvalue weighted by atomic mass is 10.1. The number of carbonyl (C=O) groups excluding carboxylic acids is 1. The molecule has 108 valence electrons. The van der Waals surface area contributed by atoms with Crippen molar-refractivity contribution in [3.63, 3.8) is 0 Å². The highest BCUT2D eigenvalue weighted by atomic mass is 16.1. The molecule has 0 spiro atoms. The number of hydrogen-bond donors (Lipinski definition) is 3. The van der Waals surface area contributed by atoms with Crippen molar-refractivity contribution in [3.8, 4) is 0 Å². The SMILES string of the molecule is NC1CC(NCCCC(=O)NC2CC2)c2ccccc21. The first kappa shape index (κ1) is 13.6. The summed E-state index contributed by atoms with van der Waals surface area (Å²) >= 11 is 0. The average Bonchev–Trinajstić information content (AvgIpc) is 3.20. The van der Waals surface area contributed by atoms with Crippen molar-refractivity contribution in [1.82, 2.24) is 10.6 Å². The Morgan fingerprint density at radius 2 is 2.00 bits per heavy atom. The number of hydrogen-bond acceptors (Lipinski definition) is 3. The summed E-state index contributed by atoms with van der Waals surface area (Å²) in [5.41, 5.74) is 8.73. The van der Waals surface area contributed by atoms with Crippen molar-refractivity contribution in [1.29, 1.82) is 0 Å². The molecule has 0 heterocycles. The maximum atomic E-state index is 11.6. The Bertz CT molecular complexity index is 484. The Morgan fingerprint density at radius 1 is 1.25 bits per heavy atom. The van der Waals surface area contributed by atoms with E-state index < -0.39 is 0 Å². The van der Waals surface area contributed by atoms with Crippen LogP contribution >= 0.6 is 0 Å². The molecule has 0 radical (unpaired) electrons. The second-order valence-electron chi connectivity index (χ2n) is 5.92. The Morgan fingerprint density at radius 3 is 2.75 bits per heavy atom. The summed E-state index contributed by atoms with van der Waals surface area (Å²) in [6.07, 6.45) is 4.76. The summed E-state index contributed by atoms with van der Waals surface area (Å²) < 4.78 is 0. The van der Waals surface area contributed by atoms with E-state index in [1.807, 2.05) is 6.07 Å². The van der Waals surface area contributed by atoms with Gasteiger partial charge in [0.05, 0.1) is 0 Å². The number of amides is 1. The minimum Gasteiger partial charge on any atom is -0.353 e. The molecule has 0 aliphatic heterocycles. The highest BCUT2D eigenvalue weighted by Gasteiger charge is 2.27. The van der Waals surface area contributed by atoms with Gasteiger partial charge in [0.1, 0.15) is 0 Å². The van der Waals surface area contributed by atoms with E-state index in [9.17, 15) is 4.79 Å². The lowest BCUT2D eigenvalue weighted by Crippen LogP contribution is -2.27. The minimum atomic E-state index is 0.141. The van der Waals surface area contributed by atoms with Crippen molar-refractivity contribution in [2.45, 2.75) is 50.2 Å². The molecular formula is C16H23N3O. The molecule has 1 saturated carbocycles. The van der Waals surface area contributed by atoms with E-state index in [2.05, 4.69) is 28.8 Å². The zero-order chi connectivity index (χ0) is 13.9. The topological polar surface area (TPSA) is 67.1 Å². The zero-order valence-corrected chi connectivity index (χ0v) is 11.8. The Labute approximate surface area is 120 Å². The van der Waals surface area contributed by atoms with E-state index in [0.29, 0.717) is 18.5 Å². The summed E-state index contributed by atoms with van der Waals surface area (Å²) in [4.78, 5) is 11.6. The van der Waals surface area contributed by atoms with Crippen LogP contribution in [0.15, 0.2) is 24.3 Å². The molecule has 2 unspecified atom stereocenters. The molecule has 0 bridgehead atoms. The van der Waals surface area contributed by atoms with Gasteiger partial charge < -0.3 is 16.4 Å². The number of nitrogens with one attached hydrogen (secondary N) is 2. The van der Waals surface area contributed by atoms with Gasteiger partial charge in [-0.25, -0.2) is 0 Å². The van der Waals surface area contributed by atoms with Gasteiger partial charge in [-0.2, -0.15) is 0 Å². The predicted octanol–water partition coefficient (Wildman–Crippen LogP) is 1.78. The van der Waals surface area contributed by atoms with E-state index in [0.717, 1.165) is 32.2 Å². The van der Waals surface area contributed by atoms with Crippen molar-refractivity contribution >= 4 is 5.91 Å². The van der Waals surface area contributed by atoms with E-state index in [4.69, 9.17) is 5.73 Å². The van der Waals surface area contributed by atoms with Crippen LogP contribution < -0.4 is 16.4 Å². The Balaban J connectivity index is 1.42. The third-order valence-electron chi connectivity index (χ3n) is 4.17. The predicted molar refractivity (Wildman–Crippen MR) is 79.1 cm³/mol. The first-order valence-electron chi connectivity index (χ1n) is 7.61. The molecule has 1 aromatic rings. The quantitative estimate of drug-likeness (QED) is 0.692. The van der Waals surface area contributed by atoms with Crippen molar-refractivity contribution in [2.75, 3.05) is 6.54 Å². The molecule has 4 nitrogen and oxygen atoms in total. The van der Waals surface area contributed by atoms with Crippen molar-refractivity contribution in [2.24, 2.45) is 5.73 Å². The van der Waals surface area contributed by atoms with Crippen LogP contribution in [-0.4, -0.2) is 18.5 Å². The summed E-state index contributed by atoms with van der Waals surface area (Å²) in [7, 11) is 0. The maximum absolute atomic E-state index is 11.6. The van der Waals surface area contributed by atoms with Crippen LogP contribution in [0.2, 0.25) is 0 Å². The largest absolute Gasteiger partial charge is 0.353 e. The molecule has 0 saturated heterocycles. The van der Waals surface area contributed by atoms with E-state index in [1.54, 1.807) is 0 Å². The maximum Gasteiger partial charge on any atom is 0.220 e. The molecule has 1 amide bonds. The summed E-state index contributed by atoms with van der Waals surface area (Å²) in [5.74, 6) is 0.192. The van der Waals surface area contributed by atoms with Gasteiger partial charge >= 0.3 is 0 Å².